The van der Waals surface area contributed by atoms with E-state index >= 15 is 0 Å². The number of aromatic nitrogens is 1. The normalized spacial score (nSPS) is 12.8. The van der Waals surface area contributed by atoms with Crippen molar-refractivity contribution in [3.8, 4) is 0 Å². The Labute approximate surface area is 246 Å². The quantitative estimate of drug-likeness (QED) is 0.136. The molecule has 1 saturated heterocycles. The van der Waals surface area contributed by atoms with Crippen molar-refractivity contribution >= 4 is 79.9 Å². The molecular weight excluding hydrogens is 563 g/mol. The Morgan fingerprint density at radius 3 is 2.30 bits per heavy atom. The Morgan fingerprint density at radius 2 is 1.73 bits per heavy atom. The number of aliphatic carboxylic acids is 1. The smallest absolute Gasteiger partial charge is 0.548 e. The first kappa shape index (κ1) is 39.1. The van der Waals surface area contributed by atoms with Gasteiger partial charge in [0.25, 0.3) is 5.91 Å². The summed E-state index contributed by atoms with van der Waals surface area (Å²) in [6, 6.07) is 8.21. The maximum Gasteiger partial charge on any atom is 1.00 e. The molecule has 1 aromatic carbocycles. The summed E-state index contributed by atoms with van der Waals surface area (Å²) in [5, 5.41) is 17.7. The average Bonchev–Trinajstić information content (AvgIpc) is 3.29. The number of ether oxygens (including phenoxy) is 1. The number of para-hydroxylation sites is 1. The summed E-state index contributed by atoms with van der Waals surface area (Å²) in [6.45, 7) is 0.892. The first-order valence-electron chi connectivity index (χ1n) is 9.04. The molecule has 0 atom stereocenters. The third kappa shape index (κ3) is 10.1. The van der Waals surface area contributed by atoms with E-state index in [0.29, 0.717) is 5.69 Å². The molecule has 37 heavy (non-hydrogen) atoms. The molecule has 1 fully saturated rings. The molecule has 0 unspecified atom stereocenters. The van der Waals surface area contributed by atoms with E-state index < -0.39 is 30.4 Å². The number of carbonyl (C=O) groups is 4. The number of hydrogen-bond acceptors (Lipinski definition) is 10. The predicted octanol–water partition coefficient (Wildman–Crippen LogP) is -4.62. The van der Waals surface area contributed by atoms with Gasteiger partial charge >= 0.3 is 41.6 Å². The second-order valence-electron chi connectivity index (χ2n) is 6.04. The Morgan fingerprint density at radius 1 is 1.11 bits per heavy atom. The molecule has 10 N–H and O–H groups in total. The molecule has 3 amide bonds. The molecule has 1 aliphatic rings. The first-order chi connectivity index (χ1) is 15.3. The Bertz CT molecular complexity index is 1130. The van der Waals surface area contributed by atoms with Crippen LogP contribution in [0.3, 0.4) is 0 Å². The summed E-state index contributed by atoms with van der Waals surface area (Å²) in [5.41, 5.74) is 0.487. The zero-order valence-electron chi connectivity index (χ0n) is 19.4. The van der Waals surface area contributed by atoms with Gasteiger partial charge in [-0.1, -0.05) is 42.2 Å². The van der Waals surface area contributed by atoms with Crippen molar-refractivity contribution < 1.29 is 80.5 Å². The molecule has 3 rings (SSSR count). The minimum absolute atomic E-state index is 0. The van der Waals surface area contributed by atoms with Crippen LogP contribution in [-0.4, -0.2) is 73.1 Å². The number of benzene rings is 1. The number of thiazole rings is 1. The van der Waals surface area contributed by atoms with Crippen LogP contribution in [0.1, 0.15) is 12.6 Å². The molecule has 0 aliphatic carbocycles. The number of urea groups is 1. The maximum atomic E-state index is 12.7. The van der Waals surface area contributed by atoms with E-state index in [9.17, 15) is 24.3 Å². The Balaban J connectivity index is -0.00000231. The zero-order valence-corrected chi connectivity index (χ0v) is 23.9. The summed E-state index contributed by atoms with van der Waals surface area (Å²) in [4.78, 5) is 53.4. The van der Waals surface area contributed by atoms with Crippen molar-refractivity contribution in [1.29, 1.82) is 0 Å². The van der Waals surface area contributed by atoms with Crippen LogP contribution in [0, 0.1) is 0 Å². The van der Waals surface area contributed by atoms with Crippen molar-refractivity contribution in [3.63, 3.8) is 0 Å². The molecule has 1 aromatic heterocycles. The molecule has 198 valence electrons. The van der Waals surface area contributed by atoms with Crippen molar-refractivity contribution in [1.82, 2.24) is 9.88 Å². The number of thioether (sulfide) groups is 1. The monoisotopic (exact) mass is 586 g/mol. The summed E-state index contributed by atoms with van der Waals surface area (Å²) >= 11 is 6.86. The van der Waals surface area contributed by atoms with Gasteiger partial charge in [-0.05, 0) is 19.1 Å². The van der Waals surface area contributed by atoms with E-state index in [1.54, 1.807) is 31.2 Å². The zero-order chi connectivity index (χ0) is 23.3. The second-order valence-corrected chi connectivity index (χ2v) is 8.54. The van der Waals surface area contributed by atoms with Crippen LogP contribution in [0.15, 0.2) is 40.6 Å². The SMILES string of the molecule is CCOC(=O)C(=C1SC(=S)N(CC(=O)[O-])C1=O)c1csc(NC(=O)Nc2ccccc2)n1.O.O.O.O.[Na+]. The first-order valence-corrected chi connectivity index (χ1v) is 11.1. The van der Waals surface area contributed by atoms with E-state index in [0.717, 1.165) is 28.0 Å². The Kier molecular flexibility index (Phi) is 18.9. The summed E-state index contributed by atoms with van der Waals surface area (Å²) < 4.78 is 5.02. The maximum absolute atomic E-state index is 12.7. The third-order valence-corrected chi connectivity index (χ3v) is 6.06. The van der Waals surface area contributed by atoms with E-state index in [2.05, 4.69) is 15.6 Å². The minimum Gasteiger partial charge on any atom is -0.548 e. The van der Waals surface area contributed by atoms with Gasteiger partial charge in [-0.15, -0.1) is 11.3 Å². The topological polar surface area (TPSA) is 267 Å². The molecule has 18 heteroatoms. The van der Waals surface area contributed by atoms with Gasteiger partial charge in [0, 0.05) is 11.1 Å². The van der Waals surface area contributed by atoms with Crippen LogP contribution >= 0.6 is 35.3 Å². The number of carboxylic acids is 1. The summed E-state index contributed by atoms with van der Waals surface area (Å²) in [7, 11) is 0. The van der Waals surface area contributed by atoms with Gasteiger partial charge in [0.1, 0.15) is 9.89 Å². The van der Waals surface area contributed by atoms with Crippen LogP contribution in [-0.2, 0) is 19.1 Å². The van der Waals surface area contributed by atoms with Crippen molar-refractivity contribution in [3.05, 3.63) is 46.3 Å². The summed E-state index contributed by atoms with van der Waals surface area (Å²) in [6.07, 6.45) is 0. The van der Waals surface area contributed by atoms with E-state index in [-0.39, 0.29) is 83.7 Å². The van der Waals surface area contributed by atoms with Crippen molar-refractivity contribution in [2.75, 3.05) is 23.8 Å². The van der Waals surface area contributed by atoms with Crippen LogP contribution in [0.2, 0.25) is 0 Å². The number of esters is 1. The van der Waals surface area contributed by atoms with Crippen LogP contribution in [0.4, 0.5) is 15.6 Å². The number of amides is 3. The molecular formula is C19H23N4NaO10S3. The van der Waals surface area contributed by atoms with E-state index in [4.69, 9.17) is 17.0 Å². The third-order valence-electron chi connectivity index (χ3n) is 3.86. The number of thiocarbonyl (C=S) groups is 1. The fourth-order valence-corrected chi connectivity index (χ4v) is 4.57. The van der Waals surface area contributed by atoms with Gasteiger partial charge in [0.05, 0.1) is 29.7 Å². The number of carboxylic acid groups (broad SMARTS) is 1. The molecule has 14 nitrogen and oxygen atoms in total. The summed E-state index contributed by atoms with van der Waals surface area (Å²) in [5.74, 6) is -3.09. The van der Waals surface area contributed by atoms with Crippen LogP contribution < -0.4 is 45.3 Å². The molecule has 2 aromatic rings. The fourth-order valence-electron chi connectivity index (χ4n) is 2.56. The van der Waals surface area contributed by atoms with Crippen molar-refractivity contribution in [2.45, 2.75) is 6.92 Å². The molecule has 2 heterocycles. The van der Waals surface area contributed by atoms with Crippen LogP contribution in [0.25, 0.3) is 5.57 Å². The van der Waals surface area contributed by atoms with Crippen LogP contribution in [0.5, 0.6) is 0 Å². The van der Waals surface area contributed by atoms with Gasteiger partial charge in [-0.3, -0.25) is 15.0 Å². The molecule has 0 saturated carbocycles. The number of anilines is 2. The van der Waals surface area contributed by atoms with Gasteiger partial charge < -0.3 is 41.9 Å². The number of carbonyl (C=O) groups excluding carboxylic acids is 4. The number of nitrogens with zero attached hydrogens (tertiary/aromatic N) is 2. The van der Waals surface area contributed by atoms with Gasteiger partial charge in [0.2, 0.25) is 0 Å². The van der Waals surface area contributed by atoms with Gasteiger partial charge in [-0.2, -0.15) is 0 Å². The van der Waals surface area contributed by atoms with E-state index in [1.165, 1.54) is 5.38 Å². The van der Waals surface area contributed by atoms with Gasteiger partial charge in [-0.25, -0.2) is 14.6 Å². The Hall–Kier alpha value is -2.45. The number of rotatable bonds is 7. The molecule has 0 radical (unpaired) electrons. The molecule has 0 spiro atoms. The average molecular weight is 587 g/mol. The minimum atomic E-state index is -1.50. The number of hydrogen-bond donors (Lipinski definition) is 2. The van der Waals surface area contributed by atoms with E-state index in [1.807, 2.05) is 6.07 Å². The standard InChI is InChI=1S/C19H16N4O6S3.Na.4H2O/c1-2-29-16(27)13(14-15(26)23(8-12(24)25)19(30)32-14)11-9-31-18(21-11)22-17(28)20-10-6-4-3-5-7-10;;;;;/h3-7,9H,2,8H2,1H3,(H,24,25)(H2,20,21,22,28);;4*1H2/q;+1;;;;/p-1. The second kappa shape index (κ2) is 17.9. The fraction of sp³-hybridized carbons (Fsp3) is 0.158. The largest absolute Gasteiger partial charge is 1.00 e. The predicted molar refractivity (Wildman–Crippen MR) is 136 cm³/mol. The molecule has 0 bridgehead atoms. The van der Waals surface area contributed by atoms with Crippen molar-refractivity contribution in [2.24, 2.45) is 0 Å². The van der Waals surface area contributed by atoms with Gasteiger partial charge in [0.15, 0.2) is 5.13 Å². The number of nitrogens with one attached hydrogen (secondary N) is 2. The molecule has 1 aliphatic heterocycles.